The predicted molar refractivity (Wildman–Crippen MR) is 38.0 cm³/mol. The maximum absolute atomic E-state index is 6.72. The van der Waals surface area contributed by atoms with Crippen molar-refractivity contribution in [3.63, 3.8) is 0 Å². The second kappa shape index (κ2) is 2.02. The van der Waals surface area contributed by atoms with E-state index in [2.05, 4.69) is 18.7 Å². The molecule has 1 nitrogen and oxygen atoms in total. The maximum atomic E-state index is 6.72. The van der Waals surface area contributed by atoms with E-state index < -0.39 is 0 Å². The van der Waals surface area contributed by atoms with Gasteiger partial charge in [0.1, 0.15) is 0 Å². The first kappa shape index (κ1) is 6.61. The van der Waals surface area contributed by atoms with Crippen LogP contribution in [0.4, 0.5) is 0 Å². The average molecular weight is 123 g/mol. The summed E-state index contributed by atoms with van der Waals surface area (Å²) in [7, 11) is 0. The molecule has 0 N–H and O–H groups in total. The van der Waals surface area contributed by atoms with E-state index in [9.17, 15) is 0 Å². The molecule has 0 radical (unpaired) electrons. The molecule has 0 spiro atoms. The molecule has 1 heteroatoms. The van der Waals surface area contributed by atoms with Crippen LogP contribution in [0.1, 0.15) is 26.7 Å². The van der Waals surface area contributed by atoms with Crippen molar-refractivity contribution in [2.24, 2.45) is 11.3 Å². The summed E-state index contributed by atoms with van der Waals surface area (Å²) in [5.74, 6) is 0.714. The minimum absolute atomic E-state index is 0.446. The van der Waals surface area contributed by atoms with Crippen LogP contribution in [-0.4, -0.2) is 6.54 Å². The zero-order valence-corrected chi connectivity index (χ0v) is 6.15. The number of rotatable bonds is 2. The summed E-state index contributed by atoms with van der Waals surface area (Å²) in [6.45, 7) is 11.9. The monoisotopic (exact) mass is 123 g/mol. The Labute approximate surface area is 56.9 Å². The Balaban J connectivity index is 2.45. The molecule has 0 unspecified atom stereocenters. The second-order valence-corrected chi connectivity index (χ2v) is 3.33. The maximum Gasteiger partial charge on any atom is 0.220 e. The summed E-state index contributed by atoms with van der Waals surface area (Å²) >= 11 is 0. The highest BCUT2D eigenvalue weighted by atomic mass is 14.7. The SMILES string of the molecule is [C-]#[N+]CC1(C(C)C)CC1. The molecule has 0 amide bonds. The summed E-state index contributed by atoms with van der Waals surface area (Å²) in [4.78, 5) is 3.44. The van der Waals surface area contributed by atoms with E-state index in [0.717, 1.165) is 6.54 Å². The number of hydrogen-bond donors (Lipinski definition) is 0. The molecule has 1 rings (SSSR count). The molecular formula is C8H13N. The lowest BCUT2D eigenvalue weighted by molar-refractivity contribution is 0.388. The van der Waals surface area contributed by atoms with Crippen molar-refractivity contribution in [1.29, 1.82) is 0 Å². The highest BCUT2D eigenvalue weighted by Gasteiger charge is 2.48. The van der Waals surface area contributed by atoms with Crippen LogP contribution in [0.5, 0.6) is 0 Å². The van der Waals surface area contributed by atoms with Crippen molar-refractivity contribution in [3.05, 3.63) is 11.4 Å². The second-order valence-electron chi connectivity index (χ2n) is 3.33. The normalized spacial score (nSPS) is 21.6. The van der Waals surface area contributed by atoms with Crippen molar-refractivity contribution in [2.75, 3.05) is 6.54 Å². The zero-order valence-electron chi connectivity index (χ0n) is 6.15. The van der Waals surface area contributed by atoms with E-state index in [1.165, 1.54) is 12.8 Å². The van der Waals surface area contributed by atoms with Crippen molar-refractivity contribution in [3.8, 4) is 0 Å². The topological polar surface area (TPSA) is 4.36 Å². The van der Waals surface area contributed by atoms with Gasteiger partial charge in [-0.2, -0.15) is 0 Å². The van der Waals surface area contributed by atoms with Gasteiger partial charge in [-0.3, -0.25) is 0 Å². The lowest BCUT2D eigenvalue weighted by Gasteiger charge is -2.11. The van der Waals surface area contributed by atoms with Gasteiger partial charge in [-0.25, -0.2) is 6.57 Å². The van der Waals surface area contributed by atoms with E-state index in [4.69, 9.17) is 6.57 Å². The molecule has 0 saturated heterocycles. The summed E-state index contributed by atoms with van der Waals surface area (Å²) in [6.07, 6.45) is 2.57. The van der Waals surface area contributed by atoms with Crippen LogP contribution in [0, 0.1) is 17.9 Å². The van der Waals surface area contributed by atoms with Gasteiger partial charge in [0.15, 0.2) is 0 Å². The van der Waals surface area contributed by atoms with Crippen molar-refractivity contribution in [2.45, 2.75) is 26.7 Å². The first-order valence-corrected chi connectivity index (χ1v) is 3.54. The molecule has 0 aliphatic heterocycles. The predicted octanol–water partition coefficient (Wildman–Crippen LogP) is 2.34. The van der Waals surface area contributed by atoms with E-state index >= 15 is 0 Å². The van der Waals surface area contributed by atoms with Crippen LogP contribution >= 0.6 is 0 Å². The van der Waals surface area contributed by atoms with E-state index in [-0.39, 0.29) is 0 Å². The van der Waals surface area contributed by atoms with Crippen LogP contribution < -0.4 is 0 Å². The minimum atomic E-state index is 0.446. The molecule has 0 atom stereocenters. The molecule has 0 aromatic carbocycles. The van der Waals surface area contributed by atoms with Crippen LogP contribution in [0.2, 0.25) is 0 Å². The fourth-order valence-electron chi connectivity index (χ4n) is 1.24. The van der Waals surface area contributed by atoms with E-state index in [1.807, 2.05) is 0 Å². The van der Waals surface area contributed by atoms with Gasteiger partial charge in [-0.15, -0.1) is 0 Å². The molecular weight excluding hydrogens is 110 g/mol. The lowest BCUT2D eigenvalue weighted by atomic mass is 9.93. The number of hydrogen-bond acceptors (Lipinski definition) is 0. The fourth-order valence-corrected chi connectivity index (χ4v) is 1.24. The van der Waals surface area contributed by atoms with Crippen molar-refractivity contribution in [1.82, 2.24) is 0 Å². The van der Waals surface area contributed by atoms with Crippen LogP contribution in [-0.2, 0) is 0 Å². The summed E-state index contributed by atoms with van der Waals surface area (Å²) in [5, 5.41) is 0. The van der Waals surface area contributed by atoms with Gasteiger partial charge in [0.25, 0.3) is 0 Å². The largest absolute Gasteiger partial charge is 0.316 e. The highest BCUT2D eigenvalue weighted by molar-refractivity contribution is 5.00. The van der Waals surface area contributed by atoms with Gasteiger partial charge in [0.05, 0.1) is 0 Å². The van der Waals surface area contributed by atoms with Gasteiger partial charge in [-0.05, 0) is 18.8 Å². The molecule has 0 aromatic rings. The first-order valence-electron chi connectivity index (χ1n) is 3.54. The van der Waals surface area contributed by atoms with Crippen LogP contribution in [0.15, 0.2) is 0 Å². The molecule has 9 heavy (non-hydrogen) atoms. The average Bonchev–Trinajstić information content (AvgIpc) is 2.49. The molecule has 1 fully saturated rings. The molecule has 1 aliphatic carbocycles. The third-order valence-corrected chi connectivity index (χ3v) is 2.51. The van der Waals surface area contributed by atoms with Gasteiger partial charge in [0, 0.05) is 5.41 Å². The van der Waals surface area contributed by atoms with Crippen molar-refractivity contribution < 1.29 is 0 Å². The minimum Gasteiger partial charge on any atom is -0.316 e. The van der Waals surface area contributed by atoms with Crippen LogP contribution in [0.25, 0.3) is 4.85 Å². The van der Waals surface area contributed by atoms with Gasteiger partial charge in [0.2, 0.25) is 6.54 Å². The Hall–Kier alpha value is -0.510. The molecule has 50 valence electrons. The molecule has 0 heterocycles. The zero-order chi connectivity index (χ0) is 6.91. The van der Waals surface area contributed by atoms with Crippen molar-refractivity contribution >= 4 is 0 Å². The number of nitrogens with zero attached hydrogens (tertiary/aromatic N) is 1. The standard InChI is InChI=1S/C8H13N/c1-7(2)8(4-5-8)6-9-3/h7H,4-6H2,1-2H3. The summed E-state index contributed by atoms with van der Waals surface area (Å²) in [5.41, 5.74) is 0.446. The van der Waals surface area contributed by atoms with Gasteiger partial charge < -0.3 is 4.85 Å². The molecule has 0 bridgehead atoms. The summed E-state index contributed by atoms with van der Waals surface area (Å²) < 4.78 is 0. The van der Waals surface area contributed by atoms with E-state index in [0.29, 0.717) is 11.3 Å². The quantitative estimate of drug-likeness (QED) is 0.496. The van der Waals surface area contributed by atoms with E-state index in [1.54, 1.807) is 0 Å². The highest BCUT2D eigenvalue weighted by Crippen LogP contribution is 2.51. The van der Waals surface area contributed by atoms with Gasteiger partial charge >= 0.3 is 0 Å². The Morgan fingerprint density at radius 2 is 2.11 bits per heavy atom. The molecule has 1 saturated carbocycles. The Morgan fingerprint density at radius 3 is 2.22 bits per heavy atom. The first-order chi connectivity index (χ1) is 4.21. The van der Waals surface area contributed by atoms with Gasteiger partial charge in [-0.1, -0.05) is 13.8 Å². The third kappa shape index (κ3) is 1.08. The third-order valence-electron chi connectivity index (χ3n) is 2.51. The smallest absolute Gasteiger partial charge is 0.220 e. The Morgan fingerprint density at radius 1 is 1.56 bits per heavy atom. The summed E-state index contributed by atoms with van der Waals surface area (Å²) in [6, 6.07) is 0. The fraction of sp³-hybridized carbons (Fsp3) is 0.875. The Bertz CT molecular complexity index is 137. The Kier molecular flexibility index (Phi) is 1.48. The molecule has 1 aliphatic rings. The lowest BCUT2D eigenvalue weighted by Crippen LogP contribution is -2.11. The molecule has 0 aromatic heterocycles. The van der Waals surface area contributed by atoms with Crippen LogP contribution in [0.3, 0.4) is 0 Å².